The number of hydrogen-bond donors (Lipinski definition) is 2. The Morgan fingerprint density at radius 3 is 2.48 bits per heavy atom. The van der Waals surface area contributed by atoms with Crippen molar-refractivity contribution >= 4 is 0 Å². The smallest absolute Gasteiger partial charge is 0.439 e. The van der Waals surface area contributed by atoms with E-state index in [4.69, 9.17) is 18.9 Å². The van der Waals surface area contributed by atoms with Gasteiger partial charge >= 0.3 is 5.76 Å². The third-order valence-corrected chi connectivity index (χ3v) is 4.87. The van der Waals surface area contributed by atoms with Gasteiger partial charge in [0.1, 0.15) is 30.5 Å². The normalized spacial score (nSPS) is 15.5. The van der Waals surface area contributed by atoms with E-state index >= 15 is 0 Å². The molecule has 1 aliphatic rings. The van der Waals surface area contributed by atoms with Crippen molar-refractivity contribution in [3.05, 3.63) is 75.6 Å². The van der Waals surface area contributed by atoms with E-state index in [-0.39, 0.29) is 12.8 Å². The fourth-order valence-corrected chi connectivity index (χ4v) is 3.28. The van der Waals surface area contributed by atoms with Gasteiger partial charge in [-0.15, -0.1) is 0 Å². The summed E-state index contributed by atoms with van der Waals surface area (Å²) in [6.07, 6.45) is -0.331. The minimum Gasteiger partial charge on any atom is -0.497 e. The third-order valence-electron chi connectivity index (χ3n) is 4.87. The van der Waals surface area contributed by atoms with Gasteiger partial charge in [-0.05, 0) is 55.0 Å². The quantitative estimate of drug-likeness (QED) is 0.567. The molecule has 1 atom stereocenters. The molecule has 0 aliphatic carbocycles. The lowest BCUT2D eigenvalue weighted by Crippen LogP contribution is -2.19. The van der Waals surface area contributed by atoms with Crippen LogP contribution < -0.4 is 20.5 Å². The number of nitrogens with zero attached hydrogens (tertiary/aromatic N) is 1. The van der Waals surface area contributed by atoms with Gasteiger partial charge in [0.25, 0.3) is 0 Å². The molecule has 0 amide bonds. The number of H-pyrrole nitrogens is 1. The number of ether oxygens (including phenoxy) is 4. The molecule has 1 aromatic heterocycles. The summed E-state index contributed by atoms with van der Waals surface area (Å²) in [5.41, 5.74) is 3.43. The number of aryl methyl sites for hydroxylation is 1. The van der Waals surface area contributed by atoms with Gasteiger partial charge in [0.05, 0.1) is 12.8 Å². The number of hydrogen-bond acceptors (Lipinski definition) is 8. The van der Waals surface area contributed by atoms with Crippen LogP contribution in [0.3, 0.4) is 0 Å². The van der Waals surface area contributed by atoms with E-state index in [0.717, 1.165) is 28.1 Å². The molecule has 9 nitrogen and oxygen atoms in total. The molecule has 162 valence electrons. The largest absolute Gasteiger partial charge is 0.497 e. The number of nitrogens with one attached hydrogen (secondary N) is 2. The maximum atomic E-state index is 11.2. The monoisotopic (exact) mass is 425 g/mol. The molecule has 2 heterocycles. The number of rotatable bonds is 8. The summed E-state index contributed by atoms with van der Waals surface area (Å²) in [5, 5.41) is 7.08. The van der Waals surface area contributed by atoms with Crippen LogP contribution in [0, 0.1) is 6.92 Å². The van der Waals surface area contributed by atoms with Gasteiger partial charge in [0, 0.05) is 18.2 Å². The predicted molar refractivity (Wildman–Crippen MR) is 112 cm³/mol. The zero-order chi connectivity index (χ0) is 21.8. The Hall–Kier alpha value is -3.72. The van der Waals surface area contributed by atoms with Gasteiger partial charge < -0.3 is 24.3 Å². The average Bonchev–Trinajstić information content (AvgIpc) is 3.39. The van der Waals surface area contributed by atoms with Crippen LogP contribution in [-0.2, 0) is 9.47 Å². The molecule has 0 saturated heterocycles. The highest BCUT2D eigenvalue weighted by atomic mass is 16.5. The summed E-state index contributed by atoms with van der Waals surface area (Å²) in [6, 6.07) is 13.2. The second kappa shape index (κ2) is 8.97. The highest BCUT2D eigenvalue weighted by Crippen LogP contribution is 2.29. The maximum Gasteiger partial charge on any atom is 0.439 e. The second-order valence-corrected chi connectivity index (χ2v) is 6.96. The predicted octanol–water partition coefficient (Wildman–Crippen LogP) is 2.90. The molecule has 2 N–H and O–H groups in total. The van der Waals surface area contributed by atoms with Crippen molar-refractivity contribution in [2.24, 2.45) is 0 Å². The van der Waals surface area contributed by atoms with E-state index in [1.54, 1.807) is 14.2 Å². The summed E-state index contributed by atoms with van der Waals surface area (Å²) in [4.78, 5) is 13.7. The Kier molecular flexibility index (Phi) is 5.94. The number of methoxy groups -OCH3 is 2. The summed E-state index contributed by atoms with van der Waals surface area (Å²) < 4.78 is 27.1. The molecule has 3 aromatic rings. The summed E-state index contributed by atoms with van der Waals surface area (Å²) >= 11 is 0. The molecule has 0 spiro atoms. The Morgan fingerprint density at radius 1 is 1.06 bits per heavy atom. The molecule has 0 saturated carbocycles. The molecule has 4 rings (SSSR count). The minimum absolute atomic E-state index is 0.283. The molecular formula is C22H23N3O6. The van der Waals surface area contributed by atoms with Crippen LogP contribution in [0.15, 0.2) is 63.2 Å². The van der Waals surface area contributed by atoms with Crippen LogP contribution in [0.25, 0.3) is 11.4 Å². The number of benzene rings is 2. The minimum atomic E-state index is -0.592. The van der Waals surface area contributed by atoms with E-state index in [9.17, 15) is 4.79 Å². The summed E-state index contributed by atoms with van der Waals surface area (Å²) in [5.74, 6) is 1.94. The maximum absolute atomic E-state index is 11.2. The average molecular weight is 425 g/mol. The first kappa shape index (κ1) is 20.5. The molecule has 2 aromatic carbocycles. The van der Waals surface area contributed by atoms with Gasteiger partial charge in [-0.1, -0.05) is 5.16 Å². The number of aromatic nitrogens is 2. The topological polar surface area (TPSA) is 108 Å². The third kappa shape index (κ3) is 4.56. The SMILES string of the molecule is COCC1=C(COc2ccc(-c3noc(=O)[nH]3)c(C)c2)NC(c2ccc(OC)cc2)O1. The van der Waals surface area contributed by atoms with Crippen molar-refractivity contribution in [1.82, 2.24) is 15.5 Å². The Labute approximate surface area is 178 Å². The van der Waals surface area contributed by atoms with Crippen molar-refractivity contribution in [2.75, 3.05) is 27.4 Å². The van der Waals surface area contributed by atoms with Crippen molar-refractivity contribution in [2.45, 2.75) is 13.2 Å². The van der Waals surface area contributed by atoms with Crippen LogP contribution in [0.2, 0.25) is 0 Å². The zero-order valence-electron chi connectivity index (χ0n) is 17.4. The van der Waals surface area contributed by atoms with Crippen molar-refractivity contribution < 1.29 is 23.5 Å². The van der Waals surface area contributed by atoms with E-state index < -0.39 is 5.76 Å². The van der Waals surface area contributed by atoms with Crippen LogP contribution in [-0.4, -0.2) is 37.6 Å². The van der Waals surface area contributed by atoms with Gasteiger partial charge in [-0.25, -0.2) is 4.79 Å². The van der Waals surface area contributed by atoms with Crippen LogP contribution >= 0.6 is 0 Å². The first-order chi connectivity index (χ1) is 15.1. The van der Waals surface area contributed by atoms with E-state index in [2.05, 4.69) is 20.0 Å². The first-order valence-electron chi connectivity index (χ1n) is 9.65. The fraction of sp³-hybridized carbons (Fsp3) is 0.273. The van der Waals surface area contributed by atoms with Crippen molar-refractivity contribution in [3.8, 4) is 22.9 Å². The molecule has 0 bridgehead atoms. The lowest BCUT2D eigenvalue weighted by molar-refractivity contribution is 0.0878. The van der Waals surface area contributed by atoms with E-state index in [0.29, 0.717) is 23.9 Å². The van der Waals surface area contributed by atoms with Crippen molar-refractivity contribution in [3.63, 3.8) is 0 Å². The Morgan fingerprint density at radius 2 is 1.84 bits per heavy atom. The lowest BCUT2D eigenvalue weighted by atomic mass is 10.1. The van der Waals surface area contributed by atoms with Gasteiger partial charge in [0.2, 0.25) is 0 Å². The van der Waals surface area contributed by atoms with Crippen molar-refractivity contribution in [1.29, 1.82) is 0 Å². The Balaban J connectivity index is 1.45. The lowest BCUT2D eigenvalue weighted by Gasteiger charge is -2.14. The molecule has 1 unspecified atom stereocenters. The molecule has 31 heavy (non-hydrogen) atoms. The van der Waals surface area contributed by atoms with E-state index in [1.165, 1.54) is 0 Å². The van der Waals surface area contributed by atoms with Crippen LogP contribution in [0.5, 0.6) is 11.5 Å². The van der Waals surface area contributed by atoms with Gasteiger partial charge in [-0.3, -0.25) is 9.51 Å². The highest BCUT2D eigenvalue weighted by Gasteiger charge is 2.26. The van der Waals surface area contributed by atoms with Crippen LogP contribution in [0.1, 0.15) is 17.4 Å². The molecular weight excluding hydrogens is 402 g/mol. The summed E-state index contributed by atoms with van der Waals surface area (Å²) in [6.45, 7) is 2.52. The van der Waals surface area contributed by atoms with Crippen LogP contribution in [0.4, 0.5) is 0 Å². The number of aromatic amines is 1. The fourth-order valence-electron chi connectivity index (χ4n) is 3.28. The molecule has 0 fully saturated rings. The second-order valence-electron chi connectivity index (χ2n) is 6.96. The molecule has 0 radical (unpaired) electrons. The standard InChI is InChI=1S/C22H23N3O6/c1-13-10-16(8-9-17(13)20-24-22(26)31-25-20)29-11-18-19(12-27-2)30-21(23-18)14-4-6-15(28-3)7-5-14/h4-10,21,23H,11-12H2,1-3H3,(H,24,25,26). The summed E-state index contributed by atoms with van der Waals surface area (Å²) in [7, 11) is 3.25. The Bertz CT molecular complexity index is 1130. The molecule has 1 aliphatic heterocycles. The van der Waals surface area contributed by atoms with E-state index in [1.807, 2.05) is 49.4 Å². The highest BCUT2D eigenvalue weighted by molar-refractivity contribution is 5.60. The van der Waals surface area contributed by atoms with Gasteiger partial charge in [-0.2, -0.15) is 0 Å². The zero-order valence-corrected chi connectivity index (χ0v) is 17.4. The molecule has 9 heteroatoms. The van der Waals surface area contributed by atoms with Gasteiger partial charge in [0.15, 0.2) is 12.1 Å². The first-order valence-corrected chi connectivity index (χ1v) is 9.65.